The van der Waals surface area contributed by atoms with Crippen LogP contribution in [0.15, 0.2) is 0 Å². The summed E-state index contributed by atoms with van der Waals surface area (Å²) in [4.78, 5) is 13.7. The van der Waals surface area contributed by atoms with E-state index in [1.807, 2.05) is 27.8 Å². The number of carbonyl (C=O) groups is 1. The number of hydrogen-bond acceptors (Lipinski definition) is 5. The highest BCUT2D eigenvalue weighted by Gasteiger charge is 2.33. The van der Waals surface area contributed by atoms with Crippen LogP contribution in [0.2, 0.25) is 0 Å². The number of carbonyl (C=O) groups excluding carboxylic acids is 1. The molecular formula is C14H29N3O3S. The summed E-state index contributed by atoms with van der Waals surface area (Å²) >= 11 is 0. The molecule has 1 aliphatic rings. The van der Waals surface area contributed by atoms with Crippen molar-refractivity contribution in [3.05, 3.63) is 0 Å². The number of nitrogens with one attached hydrogen (secondary N) is 1. The number of nitrogens with zero attached hydrogens (tertiary/aromatic N) is 1. The summed E-state index contributed by atoms with van der Waals surface area (Å²) in [6.07, 6.45) is 2.15. The van der Waals surface area contributed by atoms with E-state index in [0.29, 0.717) is 12.8 Å². The first-order valence-corrected chi connectivity index (χ1v) is 9.36. The standard InChI is InChI=1S/C14H29N3O3S/c1-11(2)16-14(3,13(15)18)7-5-8-17(4)12-6-9-21(19,20)10-12/h11-12,16H,5-10H2,1-4H3,(H2,15,18). The molecule has 2 atom stereocenters. The van der Waals surface area contributed by atoms with Crippen LogP contribution < -0.4 is 11.1 Å². The van der Waals surface area contributed by atoms with Crippen molar-refractivity contribution in [3.63, 3.8) is 0 Å². The van der Waals surface area contributed by atoms with E-state index in [2.05, 4.69) is 10.2 Å². The Morgan fingerprint density at radius 1 is 1.48 bits per heavy atom. The maximum atomic E-state index is 11.6. The van der Waals surface area contributed by atoms with E-state index in [1.54, 1.807) is 0 Å². The lowest BCUT2D eigenvalue weighted by Gasteiger charge is -2.31. The van der Waals surface area contributed by atoms with Crippen LogP contribution in [0.5, 0.6) is 0 Å². The Balaban J connectivity index is 2.46. The van der Waals surface area contributed by atoms with Crippen molar-refractivity contribution >= 4 is 15.7 Å². The quantitative estimate of drug-likeness (QED) is 0.663. The zero-order valence-corrected chi connectivity index (χ0v) is 14.4. The van der Waals surface area contributed by atoms with Gasteiger partial charge in [0.25, 0.3) is 0 Å². The highest BCUT2D eigenvalue weighted by Crippen LogP contribution is 2.18. The zero-order valence-electron chi connectivity index (χ0n) is 13.6. The average Bonchev–Trinajstić information content (AvgIpc) is 2.68. The Labute approximate surface area is 128 Å². The van der Waals surface area contributed by atoms with Crippen molar-refractivity contribution < 1.29 is 13.2 Å². The molecule has 0 aliphatic carbocycles. The second-order valence-electron chi connectivity index (χ2n) is 6.64. The fraction of sp³-hybridized carbons (Fsp3) is 0.929. The largest absolute Gasteiger partial charge is 0.368 e. The van der Waals surface area contributed by atoms with Crippen LogP contribution in [0.1, 0.15) is 40.0 Å². The molecule has 124 valence electrons. The predicted molar refractivity (Wildman–Crippen MR) is 84.8 cm³/mol. The number of primary amides is 1. The molecule has 0 aromatic heterocycles. The van der Waals surface area contributed by atoms with Gasteiger partial charge < -0.3 is 16.0 Å². The minimum Gasteiger partial charge on any atom is -0.368 e. The third-order valence-corrected chi connectivity index (χ3v) is 5.92. The van der Waals surface area contributed by atoms with Gasteiger partial charge in [0.1, 0.15) is 0 Å². The highest BCUT2D eigenvalue weighted by molar-refractivity contribution is 7.91. The normalized spacial score (nSPS) is 24.4. The van der Waals surface area contributed by atoms with Crippen LogP contribution in [-0.2, 0) is 14.6 Å². The van der Waals surface area contributed by atoms with Crippen LogP contribution in [0, 0.1) is 0 Å². The maximum Gasteiger partial charge on any atom is 0.237 e. The maximum absolute atomic E-state index is 11.6. The smallest absolute Gasteiger partial charge is 0.237 e. The fourth-order valence-electron chi connectivity index (χ4n) is 2.89. The molecule has 3 N–H and O–H groups in total. The predicted octanol–water partition coefficient (Wildman–Crippen LogP) is 0.128. The Morgan fingerprint density at radius 3 is 2.52 bits per heavy atom. The summed E-state index contributed by atoms with van der Waals surface area (Å²) in [7, 11) is -0.904. The summed E-state index contributed by atoms with van der Waals surface area (Å²) in [6, 6.07) is 0.285. The van der Waals surface area contributed by atoms with Gasteiger partial charge in [-0.2, -0.15) is 0 Å². The number of sulfone groups is 1. The molecule has 0 radical (unpaired) electrons. The molecule has 0 aromatic carbocycles. The van der Waals surface area contributed by atoms with Gasteiger partial charge in [-0.15, -0.1) is 0 Å². The van der Waals surface area contributed by atoms with Crippen molar-refractivity contribution in [1.29, 1.82) is 0 Å². The van der Waals surface area contributed by atoms with Crippen molar-refractivity contribution in [2.75, 3.05) is 25.1 Å². The van der Waals surface area contributed by atoms with Gasteiger partial charge in [0, 0.05) is 12.1 Å². The second kappa shape index (κ2) is 7.07. The molecule has 7 heteroatoms. The first-order valence-electron chi connectivity index (χ1n) is 7.54. The van der Waals surface area contributed by atoms with Crippen LogP contribution in [0.25, 0.3) is 0 Å². The molecule has 2 unspecified atom stereocenters. The molecule has 1 aliphatic heterocycles. The number of rotatable bonds is 8. The SMILES string of the molecule is CC(C)NC(C)(CCCN(C)C1CCS(=O)(=O)C1)C(N)=O. The van der Waals surface area contributed by atoms with Gasteiger partial charge in [0.05, 0.1) is 17.0 Å². The third kappa shape index (κ3) is 5.56. The molecule has 0 spiro atoms. The molecule has 0 bridgehead atoms. The minimum atomic E-state index is -2.85. The van der Waals surface area contributed by atoms with Crippen molar-refractivity contribution in [3.8, 4) is 0 Å². The van der Waals surface area contributed by atoms with E-state index in [1.165, 1.54) is 0 Å². The Hall–Kier alpha value is -0.660. The van der Waals surface area contributed by atoms with Crippen LogP contribution in [-0.4, -0.2) is 61.9 Å². The van der Waals surface area contributed by atoms with Gasteiger partial charge in [0.2, 0.25) is 5.91 Å². The molecule has 1 amide bonds. The average molecular weight is 319 g/mol. The van der Waals surface area contributed by atoms with Crippen molar-refractivity contribution in [2.24, 2.45) is 5.73 Å². The third-order valence-electron chi connectivity index (χ3n) is 4.17. The monoisotopic (exact) mass is 319 g/mol. The Bertz CT molecular complexity index is 464. The van der Waals surface area contributed by atoms with E-state index in [9.17, 15) is 13.2 Å². The van der Waals surface area contributed by atoms with Gasteiger partial charge in [-0.3, -0.25) is 4.79 Å². The highest BCUT2D eigenvalue weighted by atomic mass is 32.2. The van der Waals surface area contributed by atoms with E-state index in [0.717, 1.165) is 13.0 Å². The summed E-state index contributed by atoms with van der Waals surface area (Å²) in [5, 5.41) is 3.22. The molecule has 6 nitrogen and oxygen atoms in total. The second-order valence-corrected chi connectivity index (χ2v) is 8.87. The number of amides is 1. The first kappa shape index (κ1) is 18.4. The summed E-state index contributed by atoms with van der Waals surface area (Å²) in [5.74, 6) is 0.193. The van der Waals surface area contributed by atoms with Crippen molar-refractivity contribution in [2.45, 2.75) is 57.7 Å². The molecule has 1 heterocycles. The molecule has 1 rings (SSSR count). The molecule has 0 saturated carbocycles. The Morgan fingerprint density at radius 2 is 2.10 bits per heavy atom. The molecular weight excluding hydrogens is 290 g/mol. The van der Waals surface area contributed by atoms with E-state index in [4.69, 9.17) is 5.73 Å². The van der Waals surface area contributed by atoms with Gasteiger partial charge in [-0.25, -0.2) is 8.42 Å². The van der Waals surface area contributed by atoms with Gasteiger partial charge in [-0.1, -0.05) is 0 Å². The molecule has 21 heavy (non-hydrogen) atoms. The topological polar surface area (TPSA) is 92.5 Å². The molecule has 1 saturated heterocycles. The lowest BCUT2D eigenvalue weighted by atomic mass is 9.93. The van der Waals surface area contributed by atoms with Gasteiger partial charge >= 0.3 is 0 Å². The van der Waals surface area contributed by atoms with Crippen LogP contribution in [0.4, 0.5) is 0 Å². The van der Waals surface area contributed by atoms with Crippen molar-refractivity contribution in [1.82, 2.24) is 10.2 Å². The minimum absolute atomic E-state index is 0.105. The summed E-state index contributed by atoms with van der Waals surface area (Å²) < 4.78 is 23.0. The first-order chi connectivity index (χ1) is 9.56. The summed E-state index contributed by atoms with van der Waals surface area (Å²) in [5.41, 5.74) is 4.79. The van der Waals surface area contributed by atoms with Gasteiger partial charge in [-0.05, 0) is 53.6 Å². The molecule has 1 fully saturated rings. The van der Waals surface area contributed by atoms with Crippen LogP contribution in [0.3, 0.4) is 0 Å². The lowest BCUT2D eigenvalue weighted by Crippen LogP contribution is -2.55. The van der Waals surface area contributed by atoms with E-state index in [-0.39, 0.29) is 29.5 Å². The van der Waals surface area contributed by atoms with E-state index < -0.39 is 15.4 Å². The number of nitrogens with two attached hydrogens (primary N) is 1. The summed E-state index contributed by atoms with van der Waals surface area (Å²) in [6.45, 7) is 6.56. The van der Waals surface area contributed by atoms with Crippen LogP contribution >= 0.6 is 0 Å². The molecule has 0 aromatic rings. The number of hydrogen-bond donors (Lipinski definition) is 2. The fourth-order valence-corrected chi connectivity index (χ4v) is 4.70. The van der Waals surface area contributed by atoms with E-state index >= 15 is 0 Å². The lowest BCUT2D eigenvalue weighted by molar-refractivity contribution is -0.124. The Kier molecular flexibility index (Phi) is 6.19. The van der Waals surface area contributed by atoms with Gasteiger partial charge in [0.15, 0.2) is 9.84 Å². The zero-order chi connectivity index (χ0) is 16.3.